The van der Waals surface area contributed by atoms with Crippen molar-refractivity contribution in [2.75, 3.05) is 12.9 Å². The number of hydrogen-bond donors (Lipinski definition) is 1. The summed E-state index contributed by atoms with van der Waals surface area (Å²) in [5, 5.41) is 10.4. The minimum Gasteiger partial charge on any atom is -0.496 e. The van der Waals surface area contributed by atoms with Crippen LogP contribution in [0.25, 0.3) is 0 Å². The Balaban J connectivity index is 2.10. The molecule has 2 nitrogen and oxygen atoms in total. The molecule has 0 heterocycles. The zero-order valence-electron chi connectivity index (χ0n) is 12.4. The van der Waals surface area contributed by atoms with Gasteiger partial charge in [0.25, 0.3) is 0 Å². The van der Waals surface area contributed by atoms with Crippen molar-refractivity contribution in [2.45, 2.75) is 24.8 Å². The molecule has 0 fully saturated rings. The van der Waals surface area contributed by atoms with Gasteiger partial charge in [0.1, 0.15) is 5.75 Å². The molecule has 0 aliphatic carbocycles. The van der Waals surface area contributed by atoms with Crippen LogP contribution in [-0.4, -0.2) is 18.0 Å². The fourth-order valence-corrected chi connectivity index (χ4v) is 3.68. The van der Waals surface area contributed by atoms with Crippen molar-refractivity contribution in [1.82, 2.24) is 0 Å². The van der Waals surface area contributed by atoms with Gasteiger partial charge in [-0.25, -0.2) is 0 Å². The monoisotopic (exact) mass is 366 g/mol. The first-order valence-electron chi connectivity index (χ1n) is 6.73. The second-order valence-corrected chi connectivity index (χ2v) is 6.97. The van der Waals surface area contributed by atoms with E-state index in [-0.39, 0.29) is 0 Å². The first-order valence-corrected chi connectivity index (χ1v) is 8.50. The molecule has 0 aromatic heterocycles. The van der Waals surface area contributed by atoms with Crippen molar-refractivity contribution in [2.24, 2.45) is 0 Å². The molecule has 0 radical (unpaired) electrons. The number of methoxy groups -OCH3 is 1. The lowest BCUT2D eigenvalue weighted by atomic mass is 10.0. The van der Waals surface area contributed by atoms with Crippen LogP contribution in [0.2, 0.25) is 0 Å². The maximum atomic E-state index is 10.4. The van der Waals surface area contributed by atoms with E-state index in [1.54, 1.807) is 18.9 Å². The number of aryl methyl sites for hydroxylation is 2. The van der Waals surface area contributed by atoms with Crippen molar-refractivity contribution in [1.29, 1.82) is 0 Å². The van der Waals surface area contributed by atoms with Gasteiger partial charge < -0.3 is 9.84 Å². The molecule has 0 saturated carbocycles. The highest BCUT2D eigenvalue weighted by molar-refractivity contribution is 9.10. The van der Waals surface area contributed by atoms with E-state index in [0.29, 0.717) is 5.75 Å². The average molecular weight is 367 g/mol. The van der Waals surface area contributed by atoms with Gasteiger partial charge in [0.15, 0.2) is 0 Å². The first-order chi connectivity index (χ1) is 10.0. The number of halogens is 1. The summed E-state index contributed by atoms with van der Waals surface area (Å²) in [5.74, 6) is 1.49. The molecule has 4 heteroatoms. The van der Waals surface area contributed by atoms with Crippen LogP contribution >= 0.6 is 27.7 Å². The molecule has 2 aromatic carbocycles. The second-order valence-electron chi connectivity index (χ2n) is 4.96. The number of thioether (sulfide) groups is 1. The van der Waals surface area contributed by atoms with Crippen molar-refractivity contribution in [3.8, 4) is 5.75 Å². The van der Waals surface area contributed by atoms with E-state index in [1.165, 1.54) is 0 Å². The summed E-state index contributed by atoms with van der Waals surface area (Å²) < 4.78 is 6.37. The molecule has 0 amide bonds. The lowest BCUT2D eigenvalue weighted by Gasteiger charge is -2.16. The number of aliphatic hydroxyl groups is 1. The minimum atomic E-state index is -0.487. The van der Waals surface area contributed by atoms with Crippen LogP contribution in [0.5, 0.6) is 5.75 Å². The number of hydrogen-bond acceptors (Lipinski definition) is 3. The van der Waals surface area contributed by atoms with Crippen LogP contribution in [0, 0.1) is 13.8 Å². The molecule has 0 spiro atoms. The Bertz CT molecular complexity index is 628. The van der Waals surface area contributed by atoms with E-state index in [1.807, 2.05) is 44.2 Å². The van der Waals surface area contributed by atoms with Crippen LogP contribution in [0.4, 0.5) is 0 Å². The molecule has 112 valence electrons. The number of rotatable bonds is 5. The molecule has 1 atom stereocenters. The Labute approximate surface area is 138 Å². The predicted octanol–water partition coefficient (Wildman–Crippen LogP) is 4.90. The molecule has 0 bridgehead atoms. The van der Waals surface area contributed by atoms with Crippen molar-refractivity contribution in [3.63, 3.8) is 0 Å². The molecule has 21 heavy (non-hydrogen) atoms. The Morgan fingerprint density at radius 3 is 2.62 bits per heavy atom. The van der Waals surface area contributed by atoms with Gasteiger partial charge in [-0.15, -0.1) is 11.8 Å². The molecule has 0 saturated heterocycles. The molecule has 0 aliphatic heterocycles. The van der Waals surface area contributed by atoms with Crippen LogP contribution in [0.3, 0.4) is 0 Å². The Hall–Kier alpha value is -0.970. The highest BCUT2D eigenvalue weighted by Crippen LogP contribution is 2.31. The van der Waals surface area contributed by atoms with Crippen LogP contribution in [0.1, 0.15) is 22.8 Å². The van der Waals surface area contributed by atoms with Crippen molar-refractivity contribution >= 4 is 27.7 Å². The van der Waals surface area contributed by atoms with E-state index in [2.05, 4.69) is 22.0 Å². The summed E-state index contributed by atoms with van der Waals surface area (Å²) in [6, 6.07) is 12.1. The summed E-state index contributed by atoms with van der Waals surface area (Å²) in [7, 11) is 1.67. The molecule has 2 aromatic rings. The molecule has 1 N–H and O–H groups in total. The molecular formula is C17H19BrO2S. The average Bonchev–Trinajstić information content (AvgIpc) is 2.46. The highest BCUT2D eigenvalue weighted by Gasteiger charge is 2.13. The maximum Gasteiger partial charge on any atom is 0.122 e. The van der Waals surface area contributed by atoms with E-state index >= 15 is 0 Å². The summed E-state index contributed by atoms with van der Waals surface area (Å²) >= 11 is 5.11. The second kappa shape index (κ2) is 7.34. The van der Waals surface area contributed by atoms with E-state index < -0.39 is 6.10 Å². The minimum absolute atomic E-state index is 0.487. The number of aliphatic hydroxyl groups excluding tert-OH is 1. The van der Waals surface area contributed by atoms with Gasteiger partial charge in [0, 0.05) is 15.1 Å². The highest BCUT2D eigenvalue weighted by atomic mass is 79.9. The van der Waals surface area contributed by atoms with Gasteiger partial charge in [0.2, 0.25) is 0 Å². The third-order valence-electron chi connectivity index (χ3n) is 3.35. The quantitative estimate of drug-likeness (QED) is 0.763. The Morgan fingerprint density at radius 2 is 1.95 bits per heavy atom. The first kappa shape index (κ1) is 16.4. The number of ether oxygens (including phenoxy) is 1. The summed E-state index contributed by atoms with van der Waals surface area (Å²) in [6.07, 6.45) is -0.487. The largest absolute Gasteiger partial charge is 0.496 e. The van der Waals surface area contributed by atoms with Gasteiger partial charge in [-0.1, -0.05) is 22.0 Å². The fraction of sp³-hybridized carbons (Fsp3) is 0.294. The normalized spacial score (nSPS) is 12.2. The third kappa shape index (κ3) is 4.25. The van der Waals surface area contributed by atoms with Gasteiger partial charge in [0.05, 0.1) is 13.2 Å². The SMILES string of the molecule is COc1cc(C)c(C(O)CSc2cccc(Br)c2)cc1C. The van der Waals surface area contributed by atoms with E-state index in [4.69, 9.17) is 4.74 Å². The van der Waals surface area contributed by atoms with Crippen molar-refractivity contribution < 1.29 is 9.84 Å². The van der Waals surface area contributed by atoms with Crippen LogP contribution in [0.15, 0.2) is 45.8 Å². The molecular weight excluding hydrogens is 348 g/mol. The van der Waals surface area contributed by atoms with Gasteiger partial charge in [-0.2, -0.15) is 0 Å². The molecule has 1 unspecified atom stereocenters. The molecule has 0 aliphatic rings. The van der Waals surface area contributed by atoms with E-state index in [9.17, 15) is 5.11 Å². The predicted molar refractivity (Wildman–Crippen MR) is 92.3 cm³/mol. The summed E-state index contributed by atoms with van der Waals surface area (Å²) in [6.45, 7) is 4.00. The molecule has 2 rings (SSSR count). The maximum absolute atomic E-state index is 10.4. The topological polar surface area (TPSA) is 29.5 Å². The lowest BCUT2D eigenvalue weighted by Crippen LogP contribution is -2.04. The van der Waals surface area contributed by atoms with Gasteiger partial charge >= 0.3 is 0 Å². The fourth-order valence-electron chi connectivity index (χ4n) is 2.21. The zero-order chi connectivity index (χ0) is 15.4. The smallest absolute Gasteiger partial charge is 0.122 e. The number of benzene rings is 2. The summed E-state index contributed by atoms with van der Waals surface area (Å²) in [5.41, 5.74) is 3.07. The van der Waals surface area contributed by atoms with Crippen LogP contribution < -0.4 is 4.74 Å². The lowest BCUT2D eigenvalue weighted by molar-refractivity contribution is 0.203. The Kier molecular flexibility index (Phi) is 5.73. The van der Waals surface area contributed by atoms with Crippen LogP contribution in [-0.2, 0) is 0 Å². The van der Waals surface area contributed by atoms with Crippen molar-refractivity contribution in [3.05, 3.63) is 57.6 Å². The van der Waals surface area contributed by atoms with E-state index in [0.717, 1.165) is 31.8 Å². The third-order valence-corrected chi connectivity index (χ3v) is 4.91. The summed E-state index contributed by atoms with van der Waals surface area (Å²) in [4.78, 5) is 1.14. The van der Waals surface area contributed by atoms with Gasteiger partial charge in [-0.3, -0.25) is 0 Å². The standard InChI is InChI=1S/C17H19BrO2S/c1-11-8-17(20-3)12(2)7-15(11)16(19)10-21-14-6-4-5-13(18)9-14/h4-9,16,19H,10H2,1-3H3. The Morgan fingerprint density at radius 1 is 1.19 bits per heavy atom. The van der Waals surface area contributed by atoms with Gasteiger partial charge in [-0.05, 0) is 60.9 Å². The zero-order valence-corrected chi connectivity index (χ0v) is 14.8.